The van der Waals surface area contributed by atoms with Crippen molar-refractivity contribution in [2.24, 2.45) is 0 Å². The zero-order chi connectivity index (χ0) is 13.8. The Kier molecular flexibility index (Phi) is 4.97. The predicted molar refractivity (Wildman–Crippen MR) is 80.8 cm³/mol. The van der Waals surface area contributed by atoms with E-state index in [0.29, 0.717) is 5.02 Å². The minimum Gasteiger partial charge on any atom is -0.306 e. The Bertz CT molecular complexity index is 557. The Hall–Kier alpha value is -0.900. The van der Waals surface area contributed by atoms with Crippen molar-refractivity contribution in [1.82, 2.24) is 5.32 Å². The maximum atomic E-state index is 12.9. The Morgan fingerprint density at radius 3 is 2.53 bits per heavy atom. The quantitative estimate of drug-likeness (QED) is 0.816. The predicted octanol–water partition coefficient (Wildman–Crippen LogP) is 5.09. The molecule has 0 unspecified atom stereocenters. The molecule has 2 aromatic rings. The van der Waals surface area contributed by atoms with E-state index in [0.717, 1.165) is 22.1 Å². The second kappa shape index (κ2) is 6.51. The fraction of sp³-hybridized carbons (Fsp3) is 0.200. The summed E-state index contributed by atoms with van der Waals surface area (Å²) in [6, 6.07) is 12.4. The van der Waals surface area contributed by atoms with Crippen LogP contribution in [-0.2, 0) is 6.54 Å². The van der Waals surface area contributed by atoms with Crippen LogP contribution in [0, 0.1) is 5.82 Å². The van der Waals surface area contributed by atoms with Crippen LogP contribution in [0.2, 0.25) is 5.02 Å². The number of halogens is 3. The average molecular weight is 343 g/mol. The fourth-order valence-electron chi connectivity index (χ4n) is 1.80. The van der Waals surface area contributed by atoms with E-state index in [4.69, 9.17) is 11.6 Å². The Labute approximate surface area is 125 Å². The molecule has 0 aliphatic heterocycles. The largest absolute Gasteiger partial charge is 0.306 e. The van der Waals surface area contributed by atoms with Gasteiger partial charge >= 0.3 is 0 Å². The van der Waals surface area contributed by atoms with Crippen molar-refractivity contribution in [1.29, 1.82) is 0 Å². The first-order valence-corrected chi connectivity index (χ1v) is 7.16. The van der Waals surface area contributed by atoms with Gasteiger partial charge in [-0.25, -0.2) is 4.39 Å². The molecule has 0 bridgehead atoms. The Morgan fingerprint density at radius 2 is 1.89 bits per heavy atom. The molecule has 0 amide bonds. The first-order chi connectivity index (χ1) is 9.06. The maximum absolute atomic E-state index is 12.9. The van der Waals surface area contributed by atoms with Gasteiger partial charge in [-0.2, -0.15) is 0 Å². The van der Waals surface area contributed by atoms with Gasteiger partial charge in [-0.15, -0.1) is 0 Å². The summed E-state index contributed by atoms with van der Waals surface area (Å²) in [5, 5.41) is 4.11. The number of hydrogen-bond donors (Lipinski definition) is 1. The standard InChI is InChI=1S/C15H14BrClFN/c1-10(11-3-6-14(18)7-4-11)19-9-12-2-5-13(17)8-15(12)16/h2-8,10,19H,9H2,1H3/t10-/m0/s1. The molecule has 1 nitrogen and oxygen atoms in total. The van der Waals surface area contributed by atoms with Gasteiger partial charge in [0.2, 0.25) is 0 Å². The number of nitrogens with one attached hydrogen (secondary N) is 1. The van der Waals surface area contributed by atoms with Crippen molar-refractivity contribution < 1.29 is 4.39 Å². The molecule has 0 radical (unpaired) electrons. The van der Waals surface area contributed by atoms with Crippen molar-refractivity contribution >= 4 is 27.5 Å². The molecule has 0 aliphatic carbocycles. The number of benzene rings is 2. The van der Waals surface area contributed by atoms with Crippen LogP contribution in [0.25, 0.3) is 0 Å². The van der Waals surface area contributed by atoms with Gasteiger partial charge in [0.25, 0.3) is 0 Å². The highest BCUT2D eigenvalue weighted by Gasteiger charge is 2.06. The highest BCUT2D eigenvalue weighted by molar-refractivity contribution is 9.10. The minimum atomic E-state index is -0.212. The second-order valence-corrected chi connectivity index (χ2v) is 5.68. The third kappa shape index (κ3) is 4.03. The lowest BCUT2D eigenvalue weighted by molar-refractivity contribution is 0.570. The SMILES string of the molecule is C[C@H](NCc1ccc(Cl)cc1Br)c1ccc(F)cc1. The average Bonchev–Trinajstić information content (AvgIpc) is 2.38. The molecule has 0 aliphatic rings. The molecule has 0 spiro atoms. The van der Waals surface area contributed by atoms with Crippen LogP contribution >= 0.6 is 27.5 Å². The van der Waals surface area contributed by atoms with Crippen LogP contribution in [0.5, 0.6) is 0 Å². The Morgan fingerprint density at radius 1 is 1.21 bits per heavy atom. The third-order valence-electron chi connectivity index (χ3n) is 2.98. The summed E-state index contributed by atoms with van der Waals surface area (Å²) in [7, 11) is 0. The van der Waals surface area contributed by atoms with E-state index >= 15 is 0 Å². The summed E-state index contributed by atoms with van der Waals surface area (Å²) >= 11 is 9.39. The van der Waals surface area contributed by atoms with Crippen molar-refractivity contribution in [3.8, 4) is 0 Å². The summed E-state index contributed by atoms with van der Waals surface area (Å²) in [5.41, 5.74) is 2.20. The molecule has 0 heterocycles. The molecule has 0 aromatic heterocycles. The molecule has 0 saturated heterocycles. The summed E-state index contributed by atoms with van der Waals surface area (Å²) in [5.74, 6) is -0.212. The molecular weight excluding hydrogens is 329 g/mol. The highest BCUT2D eigenvalue weighted by atomic mass is 79.9. The molecular formula is C15H14BrClFN. The van der Waals surface area contributed by atoms with E-state index < -0.39 is 0 Å². The van der Waals surface area contributed by atoms with Gasteiger partial charge in [-0.05, 0) is 42.3 Å². The van der Waals surface area contributed by atoms with Gasteiger partial charge in [0.05, 0.1) is 0 Å². The van der Waals surface area contributed by atoms with Crippen LogP contribution < -0.4 is 5.32 Å². The fourth-order valence-corrected chi connectivity index (χ4v) is 2.62. The van der Waals surface area contributed by atoms with E-state index in [-0.39, 0.29) is 11.9 Å². The molecule has 2 rings (SSSR count). The monoisotopic (exact) mass is 341 g/mol. The first-order valence-electron chi connectivity index (χ1n) is 5.99. The van der Waals surface area contributed by atoms with Gasteiger partial charge in [0.15, 0.2) is 0 Å². The second-order valence-electron chi connectivity index (χ2n) is 4.39. The lowest BCUT2D eigenvalue weighted by Gasteiger charge is -2.15. The van der Waals surface area contributed by atoms with Gasteiger partial charge < -0.3 is 5.32 Å². The van der Waals surface area contributed by atoms with Crippen molar-refractivity contribution in [2.75, 3.05) is 0 Å². The smallest absolute Gasteiger partial charge is 0.123 e. The first kappa shape index (κ1) is 14.5. The summed E-state index contributed by atoms with van der Waals surface area (Å²) < 4.78 is 13.8. The van der Waals surface area contributed by atoms with Crippen LogP contribution in [0.1, 0.15) is 24.1 Å². The van der Waals surface area contributed by atoms with Crippen LogP contribution in [0.3, 0.4) is 0 Å². The van der Waals surface area contributed by atoms with Crippen molar-refractivity contribution in [2.45, 2.75) is 19.5 Å². The van der Waals surface area contributed by atoms with Crippen molar-refractivity contribution in [3.05, 3.63) is 68.9 Å². The maximum Gasteiger partial charge on any atom is 0.123 e. The topological polar surface area (TPSA) is 12.0 Å². The normalized spacial score (nSPS) is 12.4. The number of rotatable bonds is 4. The molecule has 4 heteroatoms. The van der Waals surface area contributed by atoms with E-state index in [9.17, 15) is 4.39 Å². The molecule has 1 atom stereocenters. The molecule has 19 heavy (non-hydrogen) atoms. The van der Waals surface area contributed by atoms with Crippen LogP contribution in [0.15, 0.2) is 46.9 Å². The van der Waals surface area contributed by atoms with E-state index in [1.165, 1.54) is 12.1 Å². The van der Waals surface area contributed by atoms with Crippen LogP contribution in [0.4, 0.5) is 4.39 Å². The van der Waals surface area contributed by atoms with E-state index in [1.54, 1.807) is 12.1 Å². The van der Waals surface area contributed by atoms with Gasteiger partial charge in [-0.3, -0.25) is 0 Å². The molecule has 100 valence electrons. The zero-order valence-corrected chi connectivity index (χ0v) is 12.8. The molecule has 2 aromatic carbocycles. The van der Waals surface area contributed by atoms with Gasteiger partial charge in [0.1, 0.15) is 5.82 Å². The zero-order valence-electron chi connectivity index (χ0n) is 10.5. The van der Waals surface area contributed by atoms with Crippen LogP contribution in [-0.4, -0.2) is 0 Å². The highest BCUT2D eigenvalue weighted by Crippen LogP contribution is 2.22. The number of hydrogen-bond acceptors (Lipinski definition) is 1. The lowest BCUT2D eigenvalue weighted by atomic mass is 10.1. The van der Waals surface area contributed by atoms with E-state index in [2.05, 4.69) is 28.2 Å². The minimum absolute atomic E-state index is 0.156. The third-order valence-corrected chi connectivity index (χ3v) is 3.96. The molecule has 0 fully saturated rings. The summed E-state index contributed by atoms with van der Waals surface area (Å²) in [6.45, 7) is 2.77. The van der Waals surface area contributed by atoms with Crippen molar-refractivity contribution in [3.63, 3.8) is 0 Å². The van der Waals surface area contributed by atoms with Gasteiger partial charge in [0, 0.05) is 22.1 Å². The lowest BCUT2D eigenvalue weighted by Crippen LogP contribution is -2.18. The van der Waals surface area contributed by atoms with E-state index in [1.807, 2.05) is 18.2 Å². The molecule has 1 N–H and O–H groups in total. The molecule has 0 saturated carbocycles. The Balaban J connectivity index is 2.00. The van der Waals surface area contributed by atoms with Gasteiger partial charge in [-0.1, -0.05) is 45.7 Å². The summed E-state index contributed by atoms with van der Waals surface area (Å²) in [4.78, 5) is 0. The summed E-state index contributed by atoms with van der Waals surface area (Å²) in [6.07, 6.45) is 0.